The van der Waals surface area contributed by atoms with E-state index in [2.05, 4.69) is 5.32 Å². The summed E-state index contributed by atoms with van der Waals surface area (Å²) in [6.07, 6.45) is 6.26. The highest BCUT2D eigenvalue weighted by Crippen LogP contribution is 2.21. The minimum absolute atomic E-state index is 0.184. The van der Waals surface area contributed by atoms with Gasteiger partial charge in [0.25, 0.3) is 5.91 Å². The molecule has 1 atom stereocenters. The van der Waals surface area contributed by atoms with Gasteiger partial charge in [0.15, 0.2) is 12.4 Å². The summed E-state index contributed by atoms with van der Waals surface area (Å²) in [5.41, 5.74) is 1.32. The van der Waals surface area contributed by atoms with Crippen molar-refractivity contribution in [3.8, 4) is 0 Å². The molecule has 0 aliphatic heterocycles. The fraction of sp³-hybridized carbons (Fsp3) is 0.227. The van der Waals surface area contributed by atoms with Crippen molar-refractivity contribution >= 4 is 23.3 Å². The normalized spacial score (nSPS) is 15.3. The van der Waals surface area contributed by atoms with Crippen LogP contribution in [0.25, 0.3) is 0 Å². The lowest BCUT2D eigenvalue weighted by Gasteiger charge is -2.11. The number of carbonyl (C=O) groups excluding carboxylic acids is 3. The zero-order valence-corrected chi connectivity index (χ0v) is 14.9. The second kappa shape index (κ2) is 8.94. The minimum Gasteiger partial charge on any atom is -0.456 e. The molecule has 0 aromatic heterocycles. The second-order valence-corrected chi connectivity index (χ2v) is 6.42. The lowest BCUT2D eigenvalue weighted by atomic mass is 10.0. The number of carbonyl (C=O) groups is 3. The van der Waals surface area contributed by atoms with E-state index >= 15 is 0 Å². The molecule has 0 radical (unpaired) electrons. The molecular weight excluding hydrogens is 342 g/mol. The van der Waals surface area contributed by atoms with E-state index in [1.807, 2.05) is 18.2 Å². The van der Waals surface area contributed by atoms with Crippen molar-refractivity contribution in [2.45, 2.75) is 19.3 Å². The van der Waals surface area contributed by atoms with E-state index in [0.717, 1.165) is 12.8 Å². The van der Waals surface area contributed by atoms with Gasteiger partial charge in [0, 0.05) is 11.1 Å². The van der Waals surface area contributed by atoms with E-state index in [9.17, 15) is 14.4 Å². The topological polar surface area (TPSA) is 72.5 Å². The molecule has 3 rings (SSSR count). The number of hydrogen-bond donors (Lipinski definition) is 1. The fourth-order valence-electron chi connectivity index (χ4n) is 3.01. The number of ether oxygens (including phenoxy) is 1. The molecule has 0 bridgehead atoms. The average Bonchev–Trinajstić information content (AvgIpc) is 3.20. The maximum absolute atomic E-state index is 12.7. The molecule has 0 spiro atoms. The van der Waals surface area contributed by atoms with Gasteiger partial charge in [-0.2, -0.15) is 0 Å². The smallest absolute Gasteiger partial charge is 0.306 e. The molecule has 5 heteroatoms. The van der Waals surface area contributed by atoms with E-state index in [-0.39, 0.29) is 24.7 Å². The highest BCUT2D eigenvalue weighted by molar-refractivity contribution is 6.13. The predicted molar refractivity (Wildman–Crippen MR) is 102 cm³/mol. The number of esters is 1. The van der Waals surface area contributed by atoms with Gasteiger partial charge < -0.3 is 10.1 Å². The molecule has 0 saturated heterocycles. The van der Waals surface area contributed by atoms with Crippen LogP contribution in [0.2, 0.25) is 0 Å². The Morgan fingerprint density at radius 2 is 1.74 bits per heavy atom. The van der Waals surface area contributed by atoms with E-state index in [1.165, 1.54) is 0 Å². The Morgan fingerprint density at radius 1 is 1.00 bits per heavy atom. The highest BCUT2D eigenvalue weighted by Gasteiger charge is 2.18. The summed E-state index contributed by atoms with van der Waals surface area (Å²) >= 11 is 0. The van der Waals surface area contributed by atoms with Gasteiger partial charge in [-0.1, -0.05) is 54.6 Å². The number of hydrogen-bond acceptors (Lipinski definition) is 4. The van der Waals surface area contributed by atoms with E-state index < -0.39 is 11.9 Å². The average molecular weight is 363 g/mol. The molecule has 0 saturated carbocycles. The van der Waals surface area contributed by atoms with Crippen molar-refractivity contribution in [3.63, 3.8) is 0 Å². The van der Waals surface area contributed by atoms with E-state index in [4.69, 9.17) is 4.74 Å². The zero-order chi connectivity index (χ0) is 19.1. The quantitative estimate of drug-likeness (QED) is 0.462. The number of para-hydroxylation sites is 1. The summed E-state index contributed by atoms with van der Waals surface area (Å²) in [6, 6.07) is 15.6. The van der Waals surface area contributed by atoms with Crippen LogP contribution in [0, 0.1) is 5.92 Å². The summed E-state index contributed by atoms with van der Waals surface area (Å²) in [5, 5.41) is 2.66. The molecule has 5 nitrogen and oxygen atoms in total. The third kappa shape index (κ3) is 5.14. The van der Waals surface area contributed by atoms with Gasteiger partial charge in [0.2, 0.25) is 0 Å². The largest absolute Gasteiger partial charge is 0.456 e. The van der Waals surface area contributed by atoms with Gasteiger partial charge >= 0.3 is 5.97 Å². The summed E-state index contributed by atoms with van der Waals surface area (Å²) < 4.78 is 5.05. The number of nitrogens with one attached hydrogen (secondary N) is 1. The molecule has 2 aromatic rings. The Morgan fingerprint density at radius 3 is 2.48 bits per heavy atom. The first-order valence-electron chi connectivity index (χ1n) is 8.94. The third-order valence-corrected chi connectivity index (χ3v) is 4.39. The number of ketones is 1. The molecule has 27 heavy (non-hydrogen) atoms. The van der Waals surface area contributed by atoms with Crippen LogP contribution in [0.4, 0.5) is 5.69 Å². The van der Waals surface area contributed by atoms with Gasteiger partial charge in [-0.25, -0.2) is 0 Å². The third-order valence-electron chi connectivity index (χ3n) is 4.39. The molecule has 138 valence electrons. The second-order valence-electron chi connectivity index (χ2n) is 6.42. The summed E-state index contributed by atoms with van der Waals surface area (Å²) in [5.74, 6) is -0.852. The maximum Gasteiger partial charge on any atom is 0.306 e. The number of anilines is 1. The first-order valence-corrected chi connectivity index (χ1v) is 8.94. The number of rotatable bonds is 7. The SMILES string of the molecule is O=C(COC(=O)C[C@H]1C=CCC1)Nc1ccccc1C(=O)c1ccccc1. The maximum atomic E-state index is 12.7. The van der Waals surface area contributed by atoms with Crippen LogP contribution in [0.1, 0.15) is 35.2 Å². The Hall–Kier alpha value is -3.21. The van der Waals surface area contributed by atoms with Gasteiger partial charge in [-0.05, 0) is 30.9 Å². The first-order chi connectivity index (χ1) is 13.1. The Balaban J connectivity index is 1.58. The standard InChI is InChI=1S/C22H21NO4/c24-20(15-27-21(25)14-16-8-4-5-9-16)23-19-13-7-6-12-18(19)22(26)17-10-2-1-3-11-17/h1-4,6-8,10-13,16H,5,9,14-15H2,(H,23,24)/t16-/m0/s1. The Labute approximate surface area is 158 Å². The van der Waals surface area contributed by atoms with Gasteiger partial charge in [0.1, 0.15) is 0 Å². The predicted octanol–water partition coefficient (Wildman–Crippen LogP) is 3.76. The van der Waals surface area contributed by atoms with Crippen molar-refractivity contribution < 1.29 is 19.1 Å². The van der Waals surface area contributed by atoms with Gasteiger partial charge in [-0.3, -0.25) is 14.4 Å². The first kappa shape index (κ1) is 18.6. The van der Waals surface area contributed by atoms with Crippen molar-refractivity contribution in [3.05, 3.63) is 77.9 Å². The number of benzene rings is 2. The zero-order valence-electron chi connectivity index (χ0n) is 14.9. The van der Waals surface area contributed by atoms with Crippen LogP contribution in [0.15, 0.2) is 66.7 Å². The lowest BCUT2D eigenvalue weighted by Crippen LogP contribution is -2.22. The lowest BCUT2D eigenvalue weighted by molar-refractivity contribution is -0.147. The van der Waals surface area contributed by atoms with Gasteiger partial charge in [0.05, 0.1) is 12.1 Å². The summed E-state index contributed by atoms with van der Waals surface area (Å²) in [4.78, 5) is 36.6. The van der Waals surface area contributed by atoms with Crippen LogP contribution < -0.4 is 5.32 Å². The number of allylic oxidation sites excluding steroid dienone is 2. The van der Waals surface area contributed by atoms with E-state index in [1.54, 1.807) is 48.5 Å². The molecule has 1 aliphatic rings. The van der Waals surface area contributed by atoms with Crippen LogP contribution in [-0.4, -0.2) is 24.3 Å². The van der Waals surface area contributed by atoms with Crippen LogP contribution >= 0.6 is 0 Å². The van der Waals surface area contributed by atoms with E-state index in [0.29, 0.717) is 16.8 Å². The highest BCUT2D eigenvalue weighted by atomic mass is 16.5. The van der Waals surface area contributed by atoms with Crippen molar-refractivity contribution in [1.82, 2.24) is 0 Å². The van der Waals surface area contributed by atoms with Crippen LogP contribution in [0.3, 0.4) is 0 Å². The molecule has 1 aliphatic carbocycles. The molecule has 0 unspecified atom stereocenters. The minimum atomic E-state index is -0.473. The molecule has 0 heterocycles. The van der Waals surface area contributed by atoms with Crippen LogP contribution in [-0.2, 0) is 14.3 Å². The van der Waals surface area contributed by atoms with Crippen molar-refractivity contribution in [2.24, 2.45) is 5.92 Å². The molecule has 1 N–H and O–H groups in total. The fourth-order valence-corrected chi connectivity index (χ4v) is 3.01. The van der Waals surface area contributed by atoms with Crippen molar-refractivity contribution in [1.29, 1.82) is 0 Å². The Kier molecular flexibility index (Phi) is 6.15. The molecule has 1 amide bonds. The molecule has 2 aromatic carbocycles. The molecule has 0 fully saturated rings. The van der Waals surface area contributed by atoms with Crippen molar-refractivity contribution in [2.75, 3.05) is 11.9 Å². The number of amides is 1. The Bertz CT molecular complexity index is 858. The van der Waals surface area contributed by atoms with Gasteiger partial charge in [-0.15, -0.1) is 0 Å². The molecular formula is C22H21NO4. The summed E-state index contributed by atoms with van der Waals surface area (Å²) in [6.45, 7) is -0.372. The summed E-state index contributed by atoms with van der Waals surface area (Å²) in [7, 11) is 0. The van der Waals surface area contributed by atoms with Crippen LogP contribution in [0.5, 0.6) is 0 Å². The monoisotopic (exact) mass is 363 g/mol.